The van der Waals surface area contributed by atoms with Gasteiger partial charge in [-0.3, -0.25) is 4.79 Å². The summed E-state index contributed by atoms with van der Waals surface area (Å²) in [5, 5.41) is 0. The van der Waals surface area contributed by atoms with Gasteiger partial charge in [0.1, 0.15) is 18.1 Å². The van der Waals surface area contributed by atoms with Gasteiger partial charge >= 0.3 is 5.97 Å². The number of aromatic nitrogens is 2. The van der Waals surface area contributed by atoms with Crippen LogP contribution < -0.4 is 10.3 Å². The Balaban J connectivity index is 1.87. The maximum atomic E-state index is 12.4. The summed E-state index contributed by atoms with van der Waals surface area (Å²) in [5.74, 6) is 0.217. The van der Waals surface area contributed by atoms with Crippen LogP contribution in [0.1, 0.15) is 28.5 Å². The fourth-order valence-corrected chi connectivity index (χ4v) is 2.86. The highest BCUT2D eigenvalue weighted by molar-refractivity contribution is 5.93. The molecule has 0 aliphatic carbocycles. The third-order valence-corrected chi connectivity index (χ3v) is 4.21. The first kappa shape index (κ1) is 17.7. The second kappa shape index (κ2) is 7.39. The van der Waals surface area contributed by atoms with Crippen LogP contribution in [-0.2, 0) is 17.9 Å². The van der Waals surface area contributed by atoms with E-state index in [0.29, 0.717) is 34.6 Å². The van der Waals surface area contributed by atoms with Crippen LogP contribution in [0, 0.1) is 6.92 Å². The van der Waals surface area contributed by atoms with E-state index >= 15 is 0 Å². The van der Waals surface area contributed by atoms with Crippen LogP contribution in [0.5, 0.6) is 5.75 Å². The first-order valence-corrected chi connectivity index (χ1v) is 8.35. The van der Waals surface area contributed by atoms with Crippen LogP contribution in [0.25, 0.3) is 11.0 Å². The average molecular weight is 352 g/mol. The van der Waals surface area contributed by atoms with E-state index in [1.807, 2.05) is 31.2 Å². The molecule has 0 radical (unpaired) electrons. The molecule has 0 saturated heterocycles. The van der Waals surface area contributed by atoms with Gasteiger partial charge < -0.3 is 14.0 Å². The Morgan fingerprint density at radius 2 is 1.96 bits per heavy atom. The summed E-state index contributed by atoms with van der Waals surface area (Å²) in [6, 6.07) is 12.4. The van der Waals surface area contributed by atoms with Crippen molar-refractivity contribution in [2.45, 2.75) is 27.0 Å². The van der Waals surface area contributed by atoms with Crippen molar-refractivity contribution in [3.05, 3.63) is 69.6 Å². The molecule has 0 aliphatic heterocycles. The summed E-state index contributed by atoms with van der Waals surface area (Å²) in [6.07, 6.45) is 0. The third kappa shape index (κ3) is 3.31. The van der Waals surface area contributed by atoms with Crippen molar-refractivity contribution in [3.8, 4) is 5.75 Å². The van der Waals surface area contributed by atoms with Crippen molar-refractivity contribution in [1.82, 2.24) is 9.55 Å². The zero-order valence-electron chi connectivity index (χ0n) is 15.0. The minimum absolute atomic E-state index is 0.113. The van der Waals surface area contributed by atoms with Gasteiger partial charge in [0, 0.05) is 12.1 Å². The highest BCUT2D eigenvalue weighted by Gasteiger charge is 2.13. The molecule has 0 spiro atoms. The van der Waals surface area contributed by atoms with Crippen molar-refractivity contribution in [3.63, 3.8) is 0 Å². The summed E-state index contributed by atoms with van der Waals surface area (Å²) in [5.41, 5.74) is 2.75. The van der Waals surface area contributed by atoms with Crippen LogP contribution in [0.15, 0.2) is 47.3 Å². The van der Waals surface area contributed by atoms with E-state index in [1.54, 1.807) is 36.8 Å². The Morgan fingerprint density at radius 1 is 1.19 bits per heavy atom. The van der Waals surface area contributed by atoms with Crippen molar-refractivity contribution < 1.29 is 14.3 Å². The number of aryl methyl sites for hydroxylation is 2. The second-order valence-corrected chi connectivity index (χ2v) is 5.84. The molecule has 6 nitrogen and oxygen atoms in total. The number of fused-ring (bicyclic) bond motifs is 1. The molecule has 0 aliphatic rings. The van der Waals surface area contributed by atoms with Gasteiger partial charge in [-0.05, 0) is 38.1 Å². The molecule has 1 aromatic heterocycles. The SMILES string of the molecule is CCn1c(=O)c(C)nc2cc(C(=O)OCc3ccccc3OC)ccc21. The molecule has 2 aromatic carbocycles. The van der Waals surface area contributed by atoms with Gasteiger partial charge in [-0.1, -0.05) is 18.2 Å². The molecule has 134 valence electrons. The number of carbonyl (C=O) groups excluding carboxylic acids is 1. The van der Waals surface area contributed by atoms with E-state index in [0.717, 1.165) is 5.56 Å². The quantitative estimate of drug-likeness (QED) is 0.660. The summed E-state index contributed by atoms with van der Waals surface area (Å²) < 4.78 is 12.3. The normalized spacial score (nSPS) is 10.7. The molecule has 0 saturated carbocycles. The minimum atomic E-state index is -0.452. The molecule has 0 fully saturated rings. The predicted molar refractivity (Wildman–Crippen MR) is 98.5 cm³/mol. The second-order valence-electron chi connectivity index (χ2n) is 5.84. The molecular weight excluding hydrogens is 332 g/mol. The molecule has 3 aromatic rings. The first-order valence-electron chi connectivity index (χ1n) is 8.35. The van der Waals surface area contributed by atoms with Gasteiger partial charge in [0.25, 0.3) is 5.56 Å². The molecule has 6 heteroatoms. The molecule has 0 unspecified atom stereocenters. The van der Waals surface area contributed by atoms with Crippen molar-refractivity contribution in [2.75, 3.05) is 7.11 Å². The van der Waals surface area contributed by atoms with E-state index < -0.39 is 5.97 Å². The third-order valence-electron chi connectivity index (χ3n) is 4.21. The highest BCUT2D eigenvalue weighted by atomic mass is 16.5. The Morgan fingerprint density at radius 3 is 2.69 bits per heavy atom. The zero-order chi connectivity index (χ0) is 18.7. The van der Waals surface area contributed by atoms with Crippen LogP contribution in [0.2, 0.25) is 0 Å². The molecule has 26 heavy (non-hydrogen) atoms. The monoisotopic (exact) mass is 352 g/mol. The molecule has 3 rings (SSSR count). The van der Waals surface area contributed by atoms with Crippen molar-refractivity contribution in [1.29, 1.82) is 0 Å². The van der Waals surface area contributed by atoms with E-state index in [1.165, 1.54) is 0 Å². The molecule has 0 N–H and O–H groups in total. The maximum Gasteiger partial charge on any atom is 0.338 e. The van der Waals surface area contributed by atoms with Crippen LogP contribution in [0.4, 0.5) is 0 Å². The fourth-order valence-electron chi connectivity index (χ4n) is 2.86. The number of para-hydroxylation sites is 1. The van der Waals surface area contributed by atoms with Crippen LogP contribution in [-0.4, -0.2) is 22.6 Å². The lowest BCUT2D eigenvalue weighted by atomic mass is 10.2. The van der Waals surface area contributed by atoms with Gasteiger partial charge in [0.15, 0.2) is 0 Å². The first-order chi connectivity index (χ1) is 12.5. The lowest BCUT2D eigenvalue weighted by molar-refractivity contribution is 0.0470. The number of rotatable bonds is 5. The molecule has 0 bridgehead atoms. The Bertz CT molecular complexity index is 1020. The number of ether oxygens (including phenoxy) is 2. The Labute approximate surface area is 151 Å². The van der Waals surface area contributed by atoms with Gasteiger partial charge in [-0.15, -0.1) is 0 Å². The number of carbonyl (C=O) groups is 1. The van der Waals surface area contributed by atoms with Crippen molar-refractivity contribution >= 4 is 17.0 Å². The molecule has 1 heterocycles. The number of esters is 1. The average Bonchev–Trinajstić information content (AvgIpc) is 2.67. The smallest absolute Gasteiger partial charge is 0.338 e. The van der Waals surface area contributed by atoms with Crippen LogP contribution in [0.3, 0.4) is 0 Å². The summed E-state index contributed by atoms with van der Waals surface area (Å²) in [6.45, 7) is 4.22. The molecule has 0 atom stereocenters. The Kier molecular flexibility index (Phi) is 5.02. The number of hydrogen-bond acceptors (Lipinski definition) is 5. The number of hydrogen-bond donors (Lipinski definition) is 0. The summed E-state index contributed by atoms with van der Waals surface area (Å²) in [7, 11) is 1.57. The lowest BCUT2D eigenvalue weighted by Gasteiger charge is -2.11. The van der Waals surface area contributed by atoms with E-state index in [4.69, 9.17) is 9.47 Å². The van der Waals surface area contributed by atoms with E-state index in [2.05, 4.69) is 4.98 Å². The number of nitrogens with zero attached hydrogens (tertiary/aromatic N) is 2. The van der Waals surface area contributed by atoms with Crippen LogP contribution >= 0.6 is 0 Å². The van der Waals surface area contributed by atoms with E-state index in [-0.39, 0.29) is 12.2 Å². The summed E-state index contributed by atoms with van der Waals surface area (Å²) in [4.78, 5) is 28.9. The lowest BCUT2D eigenvalue weighted by Crippen LogP contribution is -2.23. The maximum absolute atomic E-state index is 12.4. The topological polar surface area (TPSA) is 70.4 Å². The molecule has 0 amide bonds. The standard InChI is InChI=1S/C20H20N2O4/c1-4-22-17-10-9-14(11-16(17)21-13(2)19(22)23)20(24)26-12-15-7-5-6-8-18(15)25-3/h5-11H,4,12H2,1-3H3. The largest absolute Gasteiger partial charge is 0.496 e. The Hall–Kier alpha value is -3.15. The highest BCUT2D eigenvalue weighted by Crippen LogP contribution is 2.19. The summed E-state index contributed by atoms with van der Waals surface area (Å²) >= 11 is 0. The van der Waals surface area contributed by atoms with Gasteiger partial charge in [-0.2, -0.15) is 0 Å². The fraction of sp³-hybridized carbons (Fsp3) is 0.250. The number of benzene rings is 2. The number of methoxy groups -OCH3 is 1. The van der Waals surface area contributed by atoms with Gasteiger partial charge in [-0.25, -0.2) is 9.78 Å². The zero-order valence-corrected chi connectivity index (χ0v) is 15.0. The predicted octanol–water partition coefficient (Wildman–Crippen LogP) is 3.09. The van der Waals surface area contributed by atoms with E-state index in [9.17, 15) is 9.59 Å². The van der Waals surface area contributed by atoms with Crippen molar-refractivity contribution in [2.24, 2.45) is 0 Å². The molecular formula is C20H20N2O4. The van der Waals surface area contributed by atoms with Gasteiger partial charge in [0.05, 0.1) is 23.7 Å². The van der Waals surface area contributed by atoms with Gasteiger partial charge in [0.2, 0.25) is 0 Å². The minimum Gasteiger partial charge on any atom is -0.496 e.